The van der Waals surface area contributed by atoms with Crippen molar-refractivity contribution in [1.82, 2.24) is 16.0 Å². The Morgan fingerprint density at radius 1 is 1.04 bits per heavy atom. The minimum absolute atomic E-state index is 0.0397. The number of hydrogen-bond donors (Lipinski definition) is 7. The van der Waals surface area contributed by atoms with Crippen LogP contribution in [0.15, 0.2) is 24.3 Å². The first-order valence-electron chi connectivity index (χ1n) is 7.93. The number of hydrogen-bond acceptors (Lipinski definition) is 7. The third-order valence-electron chi connectivity index (χ3n) is 3.40. The van der Waals surface area contributed by atoms with E-state index < -0.39 is 48.9 Å². The average Bonchev–Trinajstić information content (AvgIpc) is 2.64. The number of nitrogens with one attached hydrogen (secondary N) is 3. The molecule has 0 saturated carbocycles. The lowest BCUT2D eigenvalue weighted by Crippen LogP contribution is -2.52. The predicted molar refractivity (Wildman–Crippen MR) is 99.2 cm³/mol. The maximum absolute atomic E-state index is 12.2. The number of carbonyl (C=O) groups excluding carboxylic acids is 3. The lowest BCUT2D eigenvalue weighted by Gasteiger charge is -2.19. The van der Waals surface area contributed by atoms with E-state index in [2.05, 4.69) is 28.6 Å². The summed E-state index contributed by atoms with van der Waals surface area (Å²) in [5, 5.41) is 24.9. The van der Waals surface area contributed by atoms with Crippen LogP contribution in [0.4, 0.5) is 0 Å². The number of phenolic OH excluding ortho intramolecular Hbond substituents is 1. The van der Waals surface area contributed by atoms with Crippen molar-refractivity contribution in [1.29, 1.82) is 0 Å². The van der Waals surface area contributed by atoms with Crippen LogP contribution in [-0.2, 0) is 25.6 Å². The summed E-state index contributed by atoms with van der Waals surface area (Å²) in [4.78, 5) is 46.4. The molecule has 0 heterocycles. The van der Waals surface area contributed by atoms with Gasteiger partial charge in [0, 0.05) is 12.2 Å². The van der Waals surface area contributed by atoms with Crippen LogP contribution in [0.25, 0.3) is 0 Å². The second-order valence-corrected chi connectivity index (χ2v) is 5.97. The van der Waals surface area contributed by atoms with Gasteiger partial charge >= 0.3 is 5.97 Å². The van der Waals surface area contributed by atoms with Crippen molar-refractivity contribution in [3.8, 4) is 5.75 Å². The molecule has 27 heavy (non-hydrogen) atoms. The van der Waals surface area contributed by atoms with Gasteiger partial charge in [-0.3, -0.25) is 19.2 Å². The van der Waals surface area contributed by atoms with E-state index in [1.807, 2.05) is 0 Å². The van der Waals surface area contributed by atoms with Gasteiger partial charge in [0.2, 0.25) is 17.7 Å². The predicted octanol–water partition coefficient (Wildman–Crippen LogP) is -2.01. The van der Waals surface area contributed by atoms with E-state index in [0.29, 0.717) is 5.56 Å². The molecule has 11 heteroatoms. The van der Waals surface area contributed by atoms with Crippen molar-refractivity contribution in [2.45, 2.75) is 18.5 Å². The molecule has 148 valence electrons. The Morgan fingerprint density at radius 2 is 1.63 bits per heavy atom. The van der Waals surface area contributed by atoms with Gasteiger partial charge < -0.3 is 31.9 Å². The number of carboxylic acids is 1. The molecule has 0 aromatic heterocycles. The Kier molecular flexibility index (Phi) is 9.09. The van der Waals surface area contributed by atoms with Gasteiger partial charge in [-0.05, 0) is 17.7 Å². The highest BCUT2D eigenvalue weighted by Gasteiger charge is 2.22. The van der Waals surface area contributed by atoms with Crippen molar-refractivity contribution in [2.75, 3.05) is 18.8 Å². The Labute approximate surface area is 160 Å². The second-order valence-electron chi connectivity index (χ2n) is 5.61. The van der Waals surface area contributed by atoms with E-state index in [1.165, 1.54) is 12.1 Å². The largest absolute Gasteiger partial charge is 0.508 e. The molecule has 1 aromatic rings. The first-order chi connectivity index (χ1) is 12.7. The Balaban J connectivity index is 2.73. The number of aromatic hydroxyl groups is 1. The van der Waals surface area contributed by atoms with Gasteiger partial charge in [0.15, 0.2) is 0 Å². The molecule has 0 spiro atoms. The highest BCUT2D eigenvalue weighted by molar-refractivity contribution is 7.80. The summed E-state index contributed by atoms with van der Waals surface area (Å²) in [5.74, 6) is -3.00. The van der Waals surface area contributed by atoms with E-state index >= 15 is 0 Å². The molecule has 1 aromatic carbocycles. The van der Waals surface area contributed by atoms with Crippen LogP contribution in [0, 0.1) is 0 Å². The third kappa shape index (κ3) is 8.42. The molecule has 0 radical (unpaired) electrons. The number of phenols is 1. The van der Waals surface area contributed by atoms with Gasteiger partial charge in [-0.15, -0.1) is 0 Å². The number of nitrogens with two attached hydrogens (primary N) is 1. The molecule has 1 rings (SSSR count). The number of amides is 3. The maximum atomic E-state index is 12.2. The van der Waals surface area contributed by atoms with Crippen LogP contribution in [-0.4, -0.2) is 64.8 Å². The Bertz CT molecular complexity index is 682. The fourth-order valence-electron chi connectivity index (χ4n) is 1.99. The molecule has 0 aliphatic heterocycles. The van der Waals surface area contributed by atoms with Crippen molar-refractivity contribution in [3.05, 3.63) is 29.8 Å². The summed E-state index contributed by atoms with van der Waals surface area (Å²) in [6.45, 7) is -1.01. The number of aliphatic carboxylic acids is 1. The third-order valence-corrected chi connectivity index (χ3v) is 3.79. The van der Waals surface area contributed by atoms with E-state index in [9.17, 15) is 24.3 Å². The van der Waals surface area contributed by atoms with E-state index in [4.69, 9.17) is 10.8 Å². The first-order valence-corrected chi connectivity index (χ1v) is 8.57. The molecule has 0 bridgehead atoms. The van der Waals surface area contributed by atoms with Gasteiger partial charge in [0.05, 0.1) is 12.6 Å². The summed E-state index contributed by atoms with van der Waals surface area (Å²) >= 11 is 3.88. The minimum atomic E-state index is -1.23. The fraction of sp³-hybridized carbons (Fsp3) is 0.375. The van der Waals surface area contributed by atoms with Gasteiger partial charge in [-0.1, -0.05) is 12.1 Å². The number of carboxylic acid groups (broad SMARTS) is 1. The standard InChI is InChI=1S/C16H22N4O6S/c17-11(8-27)15(25)18-6-13(22)20-12(16(26)19-7-14(23)24)5-9-1-3-10(21)4-2-9/h1-4,11-12,21,27H,5-8,17H2,(H,18,25)(H,19,26)(H,20,22)(H,23,24). The van der Waals surface area contributed by atoms with Crippen LogP contribution >= 0.6 is 12.6 Å². The molecular weight excluding hydrogens is 376 g/mol. The molecule has 7 N–H and O–H groups in total. The van der Waals surface area contributed by atoms with Gasteiger partial charge in [0.25, 0.3) is 0 Å². The molecular formula is C16H22N4O6S. The zero-order valence-electron chi connectivity index (χ0n) is 14.3. The molecule has 2 unspecified atom stereocenters. The van der Waals surface area contributed by atoms with Crippen LogP contribution in [0.2, 0.25) is 0 Å². The molecule has 10 nitrogen and oxygen atoms in total. The number of benzene rings is 1. The van der Waals surface area contributed by atoms with Gasteiger partial charge in [0.1, 0.15) is 18.3 Å². The van der Waals surface area contributed by atoms with Crippen LogP contribution < -0.4 is 21.7 Å². The molecule has 0 saturated heterocycles. The molecule has 0 aliphatic rings. The van der Waals surface area contributed by atoms with Crippen molar-refractivity contribution in [2.24, 2.45) is 5.73 Å². The Morgan fingerprint density at radius 3 is 2.19 bits per heavy atom. The smallest absolute Gasteiger partial charge is 0.322 e. The van der Waals surface area contributed by atoms with Gasteiger partial charge in [-0.25, -0.2) is 0 Å². The highest BCUT2D eigenvalue weighted by atomic mass is 32.1. The van der Waals surface area contributed by atoms with E-state index in [1.54, 1.807) is 12.1 Å². The molecule has 2 atom stereocenters. The molecule has 0 aliphatic carbocycles. The van der Waals surface area contributed by atoms with Crippen molar-refractivity contribution < 1.29 is 29.4 Å². The summed E-state index contributed by atoms with van der Waals surface area (Å²) in [6, 6.07) is 4.02. The zero-order valence-corrected chi connectivity index (χ0v) is 15.2. The summed E-state index contributed by atoms with van der Waals surface area (Å²) in [6.07, 6.45) is 0.0571. The summed E-state index contributed by atoms with van der Waals surface area (Å²) in [7, 11) is 0. The second kappa shape index (κ2) is 11.0. The minimum Gasteiger partial charge on any atom is -0.508 e. The summed E-state index contributed by atoms with van der Waals surface area (Å²) in [5.41, 5.74) is 6.10. The normalized spacial score (nSPS) is 12.5. The SMILES string of the molecule is NC(CS)C(=O)NCC(=O)NC(Cc1ccc(O)cc1)C(=O)NCC(=O)O. The number of thiol groups is 1. The van der Waals surface area contributed by atoms with Crippen molar-refractivity contribution in [3.63, 3.8) is 0 Å². The summed E-state index contributed by atoms with van der Waals surface area (Å²) < 4.78 is 0. The van der Waals surface area contributed by atoms with E-state index in [0.717, 1.165) is 0 Å². The first kappa shape index (κ1) is 22.3. The van der Waals surface area contributed by atoms with Crippen LogP contribution in [0.5, 0.6) is 5.75 Å². The van der Waals surface area contributed by atoms with Crippen molar-refractivity contribution >= 4 is 36.3 Å². The topological polar surface area (TPSA) is 171 Å². The molecule has 3 amide bonds. The van der Waals surface area contributed by atoms with Crippen LogP contribution in [0.3, 0.4) is 0 Å². The van der Waals surface area contributed by atoms with E-state index in [-0.39, 0.29) is 17.9 Å². The quantitative estimate of drug-likeness (QED) is 0.223. The molecule has 0 fully saturated rings. The highest BCUT2D eigenvalue weighted by Crippen LogP contribution is 2.11. The van der Waals surface area contributed by atoms with Crippen LogP contribution in [0.1, 0.15) is 5.56 Å². The number of rotatable bonds is 10. The average molecular weight is 398 g/mol. The maximum Gasteiger partial charge on any atom is 0.322 e. The van der Waals surface area contributed by atoms with Gasteiger partial charge in [-0.2, -0.15) is 12.6 Å². The Hall–Kier alpha value is -2.79. The monoisotopic (exact) mass is 398 g/mol. The zero-order chi connectivity index (χ0) is 20.4. The lowest BCUT2D eigenvalue weighted by molar-refractivity contribution is -0.138. The number of carbonyl (C=O) groups is 4. The lowest BCUT2D eigenvalue weighted by atomic mass is 10.0. The fourth-order valence-corrected chi connectivity index (χ4v) is 2.16.